The third-order valence-electron chi connectivity index (χ3n) is 3.37. The van der Waals surface area contributed by atoms with Gasteiger partial charge in [0.25, 0.3) is 15.9 Å². The van der Waals surface area contributed by atoms with Gasteiger partial charge in [0.05, 0.1) is 25.3 Å². The normalized spacial score (nSPS) is 10.9. The first-order valence-corrected chi connectivity index (χ1v) is 8.86. The highest BCUT2D eigenvalue weighted by atomic mass is 32.2. The summed E-state index contributed by atoms with van der Waals surface area (Å²) in [6, 6.07) is 6.10. The largest absolute Gasteiger partial charge is 0.465 e. The van der Waals surface area contributed by atoms with Gasteiger partial charge in [-0.15, -0.1) is 0 Å². The van der Waals surface area contributed by atoms with Crippen molar-refractivity contribution in [3.05, 3.63) is 47.2 Å². The molecular formula is C16H16N2O8S. The first-order valence-electron chi connectivity index (χ1n) is 7.38. The second-order valence-corrected chi connectivity index (χ2v) is 6.88. The Labute approximate surface area is 154 Å². The number of hydrogen-bond donors (Lipinski definition) is 2. The minimum absolute atomic E-state index is 0.00796. The van der Waals surface area contributed by atoms with Crippen molar-refractivity contribution < 1.29 is 36.7 Å². The van der Waals surface area contributed by atoms with Crippen molar-refractivity contribution in [2.24, 2.45) is 0 Å². The van der Waals surface area contributed by atoms with E-state index in [9.17, 15) is 22.8 Å². The number of hydrogen-bond acceptors (Lipinski definition) is 8. The van der Waals surface area contributed by atoms with Gasteiger partial charge in [-0.2, -0.15) is 0 Å². The van der Waals surface area contributed by atoms with E-state index in [0.717, 1.165) is 20.3 Å². The summed E-state index contributed by atoms with van der Waals surface area (Å²) in [5.41, 5.74) is 0.0971. The van der Waals surface area contributed by atoms with Crippen LogP contribution < -0.4 is 10.0 Å². The number of amides is 1. The number of carbonyl (C=O) groups excluding carboxylic acids is 3. The van der Waals surface area contributed by atoms with E-state index in [2.05, 4.69) is 19.5 Å². The summed E-state index contributed by atoms with van der Waals surface area (Å²) in [5.74, 6) is -2.52. The summed E-state index contributed by atoms with van der Waals surface area (Å²) >= 11 is 0. The predicted octanol–water partition coefficient (Wildman–Crippen LogP) is 1.01. The van der Waals surface area contributed by atoms with Crippen LogP contribution in [0.1, 0.15) is 31.3 Å². The van der Waals surface area contributed by atoms with Gasteiger partial charge in [0, 0.05) is 5.69 Å². The lowest BCUT2D eigenvalue weighted by Gasteiger charge is -2.08. The Bertz CT molecular complexity index is 959. The molecule has 2 rings (SSSR count). The summed E-state index contributed by atoms with van der Waals surface area (Å²) in [7, 11) is -0.317. The molecule has 0 fully saturated rings. The molecule has 0 spiro atoms. The van der Waals surface area contributed by atoms with Crippen molar-refractivity contribution >= 4 is 33.6 Å². The molecule has 0 aliphatic heterocycles. The van der Waals surface area contributed by atoms with Gasteiger partial charge in [0.1, 0.15) is 0 Å². The Balaban J connectivity index is 2.34. The van der Waals surface area contributed by atoms with Crippen LogP contribution in [0.3, 0.4) is 0 Å². The van der Waals surface area contributed by atoms with E-state index < -0.39 is 33.0 Å². The first kappa shape index (κ1) is 20.1. The second-order valence-electron chi connectivity index (χ2n) is 5.06. The molecule has 1 aromatic heterocycles. The molecule has 1 amide bonds. The van der Waals surface area contributed by atoms with Crippen molar-refractivity contribution in [3.8, 4) is 0 Å². The number of sulfonamides is 1. The summed E-state index contributed by atoms with van der Waals surface area (Å²) in [6.07, 6.45) is 0. The fourth-order valence-corrected chi connectivity index (χ4v) is 2.70. The number of methoxy groups -OCH3 is 2. The van der Waals surface area contributed by atoms with Gasteiger partial charge in [0.2, 0.25) is 5.09 Å². The van der Waals surface area contributed by atoms with Gasteiger partial charge < -0.3 is 19.2 Å². The number of benzene rings is 1. The first-order chi connectivity index (χ1) is 12.7. The molecule has 0 atom stereocenters. The number of nitrogens with one attached hydrogen (secondary N) is 2. The molecule has 11 heteroatoms. The second kappa shape index (κ2) is 8.01. The van der Waals surface area contributed by atoms with Gasteiger partial charge in [0.15, 0.2) is 5.76 Å². The highest BCUT2D eigenvalue weighted by Crippen LogP contribution is 2.19. The van der Waals surface area contributed by atoms with E-state index in [1.54, 1.807) is 0 Å². The van der Waals surface area contributed by atoms with Crippen LogP contribution in [0.4, 0.5) is 5.69 Å². The molecule has 27 heavy (non-hydrogen) atoms. The lowest BCUT2D eigenvalue weighted by molar-refractivity contribution is 0.0598. The quantitative estimate of drug-likeness (QED) is 0.689. The molecule has 144 valence electrons. The van der Waals surface area contributed by atoms with Crippen LogP contribution in [0.5, 0.6) is 0 Å². The topological polar surface area (TPSA) is 141 Å². The van der Waals surface area contributed by atoms with E-state index in [1.165, 1.54) is 31.3 Å². The molecule has 1 aromatic carbocycles. The molecule has 1 heterocycles. The zero-order valence-electron chi connectivity index (χ0n) is 14.6. The number of carbonyl (C=O) groups is 3. The Morgan fingerprint density at radius 1 is 0.963 bits per heavy atom. The average molecular weight is 396 g/mol. The molecule has 0 aliphatic carbocycles. The minimum atomic E-state index is -3.85. The lowest BCUT2D eigenvalue weighted by atomic mass is 10.1. The monoisotopic (exact) mass is 396 g/mol. The van der Waals surface area contributed by atoms with Crippen LogP contribution in [0.25, 0.3) is 0 Å². The number of rotatable bonds is 6. The maximum atomic E-state index is 12.3. The van der Waals surface area contributed by atoms with Crippen molar-refractivity contribution in [1.82, 2.24) is 4.72 Å². The van der Waals surface area contributed by atoms with Gasteiger partial charge in [-0.1, -0.05) is 0 Å². The van der Waals surface area contributed by atoms with Crippen molar-refractivity contribution in [3.63, 3.8) is 0 Å². The van der Waals surface area contributed by atoms with Crippen LogP contribution >= 0.6 is 0 Å². The zero-order chi connectivity index (χ0) is 20.2. The zero-order valence-corrected chi connectivity index (χ0v) is 15.4. The summed E-state index contributed by atoms with van der Waals surface area (Å²) < 4.78 is 39.6. The van der Waals surface area contributed by atoms with Gasteiger partial charge in [-0.05, 0) is 37.4 Å². The van der Waals surface area contributed by atoms with Crippen LogP contribution in [-0.2, 0) is 19.5 Å². The number of ether oxygens (including phenoxy) is 2. The van der Waals surface area contributed by atoms with Crippen LogP contribution in [0, 0.1) is 0 Å². The molecule has 10 nitrogen and oxygen atoms in total. The summed E-state index contributed by atoms with van der Waals surface area (Å²) in [6.45, 7) is 0. The van der Waals surface area contributed by atoms with Crippen LogP contribution in [0.15, 0.2) is 39.8 Å². The smallest absolute Gasteiger partial charge is 0.337 e. The van der Waals surface area contributed by atoms with Crippen molar-refractivity contribution in [2.75, 3.05) is 26.6 Å². The Morgan fingerprint density at radius 2 is 1.52 bits per heavy atom. The highest BCUT2D eigenvalue weighted by molar-refractivity contribution is 7.89. The van der Waals surface area contributed by atoms with E-state index in [-0.39, 0.29) is 22.6 Å². The molecule has 0 unspecified atom stereocenters. The Morgan fingerprint density at radius 3 is 2.00 bits per heavy atom. The third kappa shape index (κ3) is 4.51. The molecule has 0 aliphatic rings. The van der Waals surface area contributed by atoms with Crippen LogP contribution in [-0.4, -0.2) is 47.5 Å². The van der Waals surface area contributed by atoms with Gasteiger partial charge >= 0.3 is 11.9 Å². The van der Waals surface area contributed by atoms with Gasteiger partial charge in [-0.25, -0.2) is 22.7 Å². The summed E-state index contributed by atoms with van der Waals surface area (Å²) in [4.78, 5) is 35.8. The van der Waals surface area contributed by atoms with Crippen molar-refractivity contribution in [1.29, 1.82) is 0 Å². The number of esters is 2. The molecule has 0 radical (unpaired) electrons. The van der Waals surface area contributed by atoms with E-state index in [1.807, 2.05) is 0 Å². The molecule has 0 saturated carbocycles. The van der Waals surface area contributed by atoms with E-state index in [4.69, 9.17) is 4.42 Å². The Kier molecular flexibility index (Phi) is 5.98. The molecule has 2 aromatic rings. The Hall–Kier alpha value is -3.18. The molecule has 2 N–H and O–H groups in total. The fraction of sp³-hybridized carbons (Fsp3) is 0.188. The number of furan rings is 1. The molecule has 0 saturated heterocycles. The van der Waals surface area contributed by atoms with E-state index >= 15 is 0 Å². The maximum Gasteiger partial charge on any atom is 0.337 e. The lowest BCUT2D eigenvalue weighted by Crippen LogP contribution is -2.18. The highest BCUT2D eigenvalue weighted by Gasteiger charge is 2.21. The standard InChI is InChI=1S/C16H16N2O8S/c1-17-27(22,23)13-5-4-12(26-13)14(19)18-11-7-9(15(20)24-2)6-10(8-11)16(21)25-3/h4-8,17H,1-3H3,(H,18,19). The number of anilines is 1. The molecule has 0 bridgehead atoms. The SMILES string of the molecule is CNS(=O)(=O)c1ccc(C(=O)Nc2cc(C(=O)OC)cc(C(=O)OC)c2)o1. The molecular weight excluding hydrogens is 380 g/mol. The minimum Gasteiger partial charge on any atom is -0.465 e. The van der Waals surface area contributed by atoms with Crippen molar-refractivity contribution in [2.45, 2.75) is 5.09 Å². The third-order valence-corrected chi connectivity index (χ3v) is 4.66. The van der Waals surface area contributed by atoms with E-state index in [0.29, 0.717) is 0 Å². The van der Waals surface area contributed by atoms with Gasteiger partial charge in [-0.3, -0.25) is 4.79 Å². The summed E-state index contributed by atoms with van der Waals surface area (Å²) in [5, 5.41) is 1.98. The van der Waals surface area contributed by atoms with Crippen LogP contribution in [0.2, 0.25) is 0 Å². The maximum absolute atomic E-state index is 12.3. The fourth-order valence-electron chi connectivity index (χ4n) is 2.05. The predicted molar refractivity (Wildman–Crippen MR) is 92.0 cm³/mol. The average Bonchev–Trinajstić information content (AvgIpc) is 3.17.